The molecule has 1 aliphatic heterocycles. The second kappa shape index (κ2) is 9.15. The second-order valence-corrected chi connectivity index (χ2v) is 8.17. The predicted molar refractivity (Wildman–Crippen MR) is 112 cm³/mol. The molecule has 2 amide bonds. The molecule has 1 atom stereocenters. The van der Waals surface area contributed by atoms with Gasteiger partial charge in [-0.15, -0.1) is 0 Å². The molecule has 160 valence electrons. The molecular formula is C23H27FN2O4. The SMILES string of the molecule is CC(C)(C)OC(=O)NC(CC(=O)N1CCCOc2cc(F)ccc21)c1ccccc1. The van der Waals surface area contributed by atoms with Gasteiger partial charge < -0.3 is 19.7 Å². The molecule has 1 unspecified atom stereocenters. The van der Waals surface area contributed by atoms with Gasteiger partial charge in [-0.3, -0.25) is 4.79 Å². The summed E-state index contributed by atoms with van der Waals surface area (Å²) in [5.41, 5.74) is 0.672. The van der Waals surface area contributed by atoms with Crippen LogP contribution < -0.4 is 15.0 Å². The van der Waals surface area contributed by atoms with E-state index in [1.165, 1.54) is 12.1 Å². The van der Waals surface area contributed by atoms with E-state index in [-0.39, 0.29) is 12.3 Å². The van der Waals surface area contributed by atoms with Crippen molar-refractivity contribution in [1.29, 1.82) is 0 Å². The number of hydrogen-bond donors (Lipinski definition) is 1. The normalized spacial score (nSPS) is 14.7. The molecule has 0 spiro atoms. The lowest BCUT2D eigenvalue weighted by molar-refractivity contribution is -0.119. The monoisotopic (exact) mass is 414 g/mol. The van der Waals surface area contributed by atoms with Crippen molar-refractivity contribution in [3.63, 3.8) is 0 Å². The molecule has 0 aromatic heterocycles. The van der Waals surface area contributed by atoms with Crippen molar-refractivity contribution in [2.75, 3.05) is 18.1 Å². The Labute approximate surface area is 176 Å². The Hall–Kier alpha value is -3.09. The number of ether oxygens (including phenoxy) is 2. The highest BCUT2D eigenvalue weighted by atomic mass is 19.1. The smallest absolute Gasteiger partial charge is 0.408 e. The molecule has 6 nitrogen and oxygen atoms in total. The molecule has 2 aromatic rings. The van der Waals surface area contributed by atoms with Crippen LogP contribution in [0.15, 0.2) is 48.5 Å². The third-order valence-corrected chi connectivity index (χ3v) is 4.57. The first-order valence-electron chi connectivity index (χ1n) is 10.00. The van der Waals surface area contributed by atoms with Crippen LogP contribution in [0.2, 0.25) is 0 Å². The molecule has 1 N–H and O–H groups in total. The number of carbonyl (C=O) groups is 2. The fraction of sp³-hybridized carbons (Fsp3) is 0.391. The quantitative estimate of drug-likeness (QED) is 0.794. The van der Waals surface area contributed by atoms with Crippen molar-refractivity contribution < 1.29 is 23.5 Å². The van der Waals surface area contributed by atoms with Gasteiger partial charge in [0, 0.05) is 12.6 Å². The molecule has 1 heterocycles. The van der Waals surface area contributed by atoms with Crippen molar-refractivity contribution in [2.45, 2.75) is 45.3 Å². The molecule has 30 heavy (non-hydrogen) atoms. The van der Waals surface area contributed by atoms with E-state index in [1.807, 2.05) is 30.3 Å². The Kier molecular flexibility index (Phi) is 6.59. The van der Waals surface area contributed by atoms with Crippen LogP contribution in [0.1, 0.15) is 45.2 Å². The average Bonchev–Trinajstić information content (AvgIpc) is 2.88. The molecule has 7 heteroatoms. The van der Waals surface area contributed by atoms with Crippen molar-refractivity contribution in [1.82, 2.24) is 5.32 Å². The molecule has 2 aromatic carbocycles. The van der Waals surface area contributed by atoms with E-state index < -0.39 is 23.6 Å². The summed E-state index contributed by atoms with van der Waals surface area (Å²) >= 11 is 0. The number of amides is 2. The molecule has 0 aliphatic carbocycles. The van der Waals surface area contributed by atoms with Gasteiger partial charge in [-0.05, 0) is 44.9 Å². The summed E-state index contributed by atoms with van der Waals surface area (Å²) in [5, 5.41) is 2.81. The lowest BCUT2D eigenvalue weighted by Gasteiger charge is -2.27. The van der Waals surface area contributed by atoms with E-state index in [9.17, 15) is 14.0 Å². The number of fused-ring (bicyclic) bond motifs is 1. The van der Waals surface area contributed by atoms with Gasteiger partial charge >= 0.3 is 6.09 Å². The lowest BCUT2D eigenvalue weighted by Crippen LogP contribution is -2.39. The highest BCUT2D eigenvalue weighted by Gasteiger charge is 2.27. The van der Waals surface area contributed by atoms with Gasteiger partial charge in [-0.1, -0.05) is 30.3 Å². The van der Waals surface area contributed by atoms with Gasteiger partial charge in [-0.25, -0.2) is 9.18 Å². The molecular weight excluding hydrogens is 387 g/mol. The average molecular weight is 414 g/mol. The van der Waals surface area contributed by atoms with Gasteiger partial charge in [0.2, 0.25) is 5.91 Å². The first-order valence-corrected chi connectivity index (χ1v) is 10.00. The summed E-state index contributed by atoms with van der Waals surface area (Å²) in [6, 6.07) is 12.8. The standard InChI is InChI=1S/C23H27FN2O4/c1-23(2,3)30-22(28)25-18(16-8-5-4-6-9-16)15-21(27)26-12-7-13-29-20-14-17(24)10-11-19(20)26/h4-6,8-11,14,18H,7,12-13,15H2,1-3H3,(H,25,28). The van der Waals surface area contributed by atoms with E-state index in [0.717, 1.165) is 5.56 Å². The van der Waals surface area contributed by atoms with Crippen molar-refractivity contribution in [3.05, 3.63) is 59.9 Å². The minimum atomic E-state index is -0.652. The number of alkyl carbamates (subject to hydrolysis) is 1. The predicted octanol–water partition coefficient (Wildman–Crippen LogP) is 4.60. The van der Waals surface area contributed by atoms with Crippen molar-refractivity contribution >= 4 is 17.7 Å². The Balaban J connectivity index is 1.82. The maximum absolute atomic E-state index is 13.6. The minimum Gasteiger partial charge on any atom is -0.491 e. The topological polar surface area (TPSA) is 67.9 Å². The molecule has 3 rings (SSSR count). The highest BCUT2D eigenvalue weighted by Crippen LogP contribution is 2.33. The third kappa shape index (κ3) is 5.72. The summed E-state index contributed by atoms with van der Waals surface area (Å²) in [4.78, 5) is 27.2. The minimum absolute atomic E-state index is 0.0278. The Morgan fingerprint density at radius 1 is 1.20 bits per heavy atom. The fourth-order valence-electron chi connectivity index (χ4n) is 3.28. The van der Waals surface area contributed by atoms with Crippen LogP contribution in [0.25, 0.3) is 0 Å². The molecule has 0 fully saturated rings. The second-order valence-electron chi connectivity index (χ2n) is 8.17. The highest BCUT2D eigenvalue weighted by molar-refractivity contribution is 5.95. The van der Waals surface area contributed by atoms with Gasteiger partial charge in [0.25, 0.3) is 0 Å². The van der Waals surface area contributed by atoms with Crippen LogP contribution in [-0.2, 0) is 9.53 Å². The first-order chi connectivity index (χ1) is 14.2. The maximum Gasteiger partial charge on any atom is 0.408 e. The number of rotatable bonds is 4. The van der Waals surface area contributed by atoms with Crippen LogP contribution in [0.4, 0.5) is 14.9 Å². The Bertz CT molecular complexity index is 896. The fourth-order valence-corrected chi connectivity index (χ4v) is 3.28. The van der Waals surface area contributed by atoms with Crippen LogP contribution in [0.5, 0.6) is 5.75 Å². The summed E-state index contributed by atoms with van der Waals surface area (Å²) in [5.74, 6) is -0.271. The summed E-state index contributed by atoms with van der Waals surface area (Å²) in [7, 11) is 0. The number of nitrogens with one attached hydrogen (secondary N) is 1. The van der Waals surface area contributed by atoms with Crippen molar-refractivity contribution in [2.24, 2.45) is 0 Å². The number of benzene rings is 2. The van der Waals surface area contributed by atoms with Crippen LogP contribution >= 0.6 is 0 Å². The Morgan fingerprint density at radius 3 is 2.63 bits per heavy atom. The number of halogens is 1. The molecule has 0 saturated heterocycles. The van der Waals surface area contributed by atoms with Crippen molar-refractivity contribution in [3.8, 4) is 5.75 Å². The van der Waals surface area contributed by atoms with E-state index in [4.69, 9.17) is 9.47 Å². The number of anilines is 1. The van der Waals surface area contributed by atoms with Gasteiger partial charge in [-0.2, -0.15) is 0 Å². The number of hydrogen-bond acceptors (Lipinski definition) is 4. The van der Waals surface area contributed by atoms with Crippen LogP contribution in [0.3, 0.4) is 0 Å². The summed E-state index contributed by atoms with van der Waals surface area (Å²) in [6.07, 6.45) is 0.0586. The third-order valence-electron chi connectivity index (χ3n) is 4.57. The van der Waals surface area contributed by atoms with Crippen LogP contribution in [-0.4, -0.2) is 30.8 Å². The summed E-state index contributed by atoms with van der Waals surface area (Å²) in [6.45, 7) is 6.19. The molecule has 0 radical (unpaired) electrons. The number of carbonyl (C=O) groups excluding carboxylic acids is 2. The van der Waals surface area contributed by atoms with Gasteiger partial charge in [0.1, 0.15) is 17.2 Å². The van der Waals surface area contributed by atoms with E-state index in [0.29, 0.717) is 31.0 Å². The Morgan fingerprint density at radius 2 is 1.93 bits per heavy atom. The zero-order valence-electron chi connectivity index (χ0n) is 17.5. The summed E-state index contributed by atoms with van der Waals surface area (Å²) < 4.78 is 24.6. The van der Waals surface area contributed by atoms with E-state index in [2.05, 4.69) is 5.32 Å². The lowest BCUT2D eigenvalue weighted by atomic mass is 10.0. The van der Waals surface area contributed by atoms with Crippen LogP contribution in [0, 0.1) is 5.82 Å². The molecule has 0 bridgehead atoms. The zero-order valence-corrected chi connectivity index (χ0v) is 17.5. The molecule has 1 aliphatic rings. The zero-order chi connectivity index (χ0) is 21.7. The maximum atomic E-state index is 13.6. The number of nitrogens with zero attached hydrogens (tertiary/aromatic N) is 1. The van der Waals surface area contributed by atoms with Gasteiger partial charge in [0.15, 0.2) is 0 Å². The van der Waals surface area contributed by atoms with E-state index in [1.54, 1.807) is 31.7 Å². The molecule has 0 saturated carbocycles. The van der Waals surface area contributed by atoms with Gasteiger partial charge in [0.05, 0.1) is 24.8 Å². The van der Waals surface area contributed by atoms with E-state index >= 15 is 0 Å². The first kappa shape index (κ1) is 21.6. The largest absolute Gasteiger partial charge is 0.491 e.